The van der Waals surface area contributed by atoms with Crippen molar-refractivity contribution in [1.29, 1.82) is 0 Å². The van der Waals surface area contributed by atoms with E-state index in [0.717, 1.165) is 17.0 Å². The number of aromatic nitrogens is 2. The van der Waals surface area contributed by atoms with Crippen LogP contribution in [0.15, 0.2) is 6.07 Å². The topological polar surface area (TPSA) is 38.2 Å². The van der Waals surface area contributed by atoms with Gasteiger partial charge in [0.15, 0.2) is 0 Å². The molecule has 1 aromatic rings. The Bertz CT molecular complexity index is 332. The average molecular weight is 274 g/mol. The standard InChI is InChI=1S/C10H16BrN3O/c1-7(6-11)14(3)9-5-10(15-4)13-8(2)12-9/h5,7H,6H2,1-4H3. The minimum atomic E-state index is 0.379. The van der Waals surface area contributed by atoms with Crippen LogP contribution in [0.4, 0.5) is 5.82 Å². The van der Waals surface area contributed by atoms with E-state index in [1.807, 2.05) is 20.0 Å². The number of anilines is 1. The molecule has 0 saturated heterocycles. The number of hydrogen-bond acceptors (Lipinski definition) is 4. The predicted molar refractivity (Wildman–Crippen MR) is 65.0 cm³/mol. The maximum Gasteiger partial charge on any atom is 0.218 e. The highest BCUT2D eigenvalue weighted by Crippen LogP contribution is 2.18. The van der Waals surface area contributed by atoms with Crippen molar-refractivity contribution >= 4 is 21.7 Å². The summed E-state index contributed by atoms with van der Waals surface area (Å²) in [5.74, 6) is 2.20. The molecular formula is C10H16BrN3O. The van der Waals surface area contributed by atoms with Gasteiger partial charge in [0.25, 0.3) is 0 Å². The fourth-order valence-electron chi connectivity index (χ4n) is 1.14. The zero-order chi connectivity index (χ0) is 11.4. The van der Waals surface area contributed by atoms with Crippen LogP contribution in [0.2, 0.25) is 0 Å². The first-order chi connectivity index (χ1) is 7.08. The molecule has 1 unspecified atom stereocenters. The number of aryl methyl sites for hydroxylation is 1. The van der Waals surface area contributed by atoms with Crippen LogP contribution in [0, 0.1) is 6.92 Å². The van der Waals surface area contributed by atoms with Crippen LogP contribution in [-0.4, -0.2) is 35.5 Å². The van der Waals surface area contributed by atoms with Gasteiger partial charge in [-0.05, 0) is 13.8 Å². The minimum absolute atomic E-state index is 0.379. The van der Waals surface area contributed by atoms with Gasteiger partial charge in [0.05, 0.1) is 7.11 Å². The quantitative estimate of drug-likeness (QED) is 0.787. The van der Waals surface area contributed by atoms with Gasteiger partial charge in [0, 0.05) is 24.5 Å². The smallest absolute Gasteiger partial charge is 0.218 e. The molecule has 0 aliphatic heterocycles. The highest BCUT2D eigenvalue weighted by atomic mass is 79.9. The number of halogens is 1. The van der Waals surface area contributed by atoms with Crippen molar-refractivity contribution in [2.45, 2.75) is 19.9 Å². The van der Waals surface area contributed by atoms with Gasteiger partial charge in [0.2, 0.25) is 5.88 Å². The van der Waals surface area contributed by atoms with Gasteiger partial charge >= 0.3 is 0 Å². The Labute approximate surface area is 98.8 Å². The van der Waals surface area contributed by atoms with Crippen molar-refractivity contribution in [3.63, 3.8) is 0 Å². The van der Waals surface area contributed by atoms with Gasteiger partial charge in [-0.3, -0.25) is 0 Å². The molecule has 5 heteroatoms. The molecule has 0 radical (unpaired) electrons. The summed E-state index contributed by atoms with van der Waals surface area (Å²) < 4.78 is 5.11. The van der Waals surface area contributed by atoms with Gasteiger partial charge < -0.3 is 9.64 Å². The number of alkyl halides is 1. The van der Waals surface area contributed by atoms with E-state index in [0.29, 0.717) is 11.9 Å². The van der Waals surface area contributed by atoms with Crippen LogP contribution in [-0.2, 0) is 0 Å². The molecule has 0 bridgehead atoms. The van der Waals surface area contributed by atoms with E-state index in [1.165, 1.54) is 0 Å². The molecule has 1 heterocycles. The SMILES string of the molecule is COc1cc(N(C)C(C)CBr)nc(C)n1. The lowest BCUT2D eigenvalue weighted by molar-refractivity contribution is 0.395. The Hall–Kier alpha value is -0.840. The molecule has 1 atom stereocenters. The lowest BCUT2D eigenvalue weighted by atomic mass is 10.3. The van der Waals surface area contributed by atoms with E-state index >= 15 is 0 Å². The molecule has 0 saturated carbocycles. The molecular weight excluding hydrogens is 258 g/mol. The maximum atomic E-state index is 5.11. The van der Waals surface area contributed by atoms with E-state index in [4.69, 9.17) is 4.74 Å². The summed E-state index contributed by atoms with van der Waals surface area (Å²) in [5.41, 5.74) is 0. The van der Waals surface area contributed by atoms with Crippen molar-refractivity contribution in [3.05, 3.63) is 11.9 Å². The Morgan fingerprint density at radius 2 is 2.20 bits per heavy atom. The monoisotopic (exact) mass is 273 g/mol. The molecule has 0 aromatic carbocycles. The lowest BCUT2D eigenvalue weighted by Crippen LogP contribution is -2.31. The third-order valence-corrected chi connectivity index (χ3v) is 3.19. The Balaban J connectivity index is 2.97. The molecule has 0 spiro atoms. The van der Waals surface area contributed by atoms with E-state index in [2.05, 4.69) is 37.7 Å². The van der Waals surface area contributed by atoms with Crippen LogP contribution in [0.5, 0.6) is 5.88 Å². The van der Waals surface area contributed by atoms with Crippen LogP contribution >= 0.6 is 15.9 Å². The normalized spacial score (nSPS) is 12.3. The fraction of sp³-hybridized carbons (Fsp3) is 0.600. The molecule has 1 aromatic heterocycles. The number of methoxy groups -OCH3 is 1. The summed E-state index contributed by atoms with van der Waals surface area (Å²) in [5, 5.41) is 0.898. The first-order valence-corrected chi connectivity index (χ1v) is 5.89. The summed E-state index contributed by atoms with van der Waals surface area (Å²) in [6, 6.07) is 2.22. The van der Waals surface area contributed by atoms with Gasteiger partial charge in [0.1, 0.15) is 11.6 Å². The Kier molecular flexibility index (Phi) is 4.32. The van der Waals surface area contributed by atoms with Crippen LogP contribution in [0.1, 0.15) is 12.7 Å². The molecule has 0 aliphatic rings. The molecule has 4 nitrogen and oxygen atoms in total. The van der Waals surface area contributed by atoms with Crippen molar-refractivity contribution in [2.24, 2.45) is 0 Å². The zero-order valence-electron chi connectivity index (χ0n) is 9.49. The number of hydrogen-bond donors (Lipinski definition) is 0. The van der Waals surface area contributed by atoms with Gasteiger partial charge in [-0.2, -0.15) is 4.98 Å². The van der Waals surface area contributed by atoms with Crippen molar-refractivity contribution in [2.75, 3.05) is 24.4 Å². The van der Waals surface area contributed by atoms with Crippen LogP contribution < -0.4 is 9.64 Å². The summed E-state index contributed by atoms with van der Waals surface area (Å²) in [6.07, 6.45) is 0. The maximum absolute atomic E-state index is 5.11. The molecule has 1 rings (SSSR count). The number of rotatable bonds is 4. The van der Waals surface area contributed by atoms with Crippen LogP contribution in [0.25, 0.3) is 0 Å². The Morgan fingerprint density at radius 3 is 2.73 bits per heavy atom. The van der Waals surface area contributed by atoms with E-state index < -0.39 is 0 Å². The zero-order valence-corrected chi connectivity index (χ0v) is 11.1. The van der Waals surface area contributed by atoms with Gasteiger partial charge in [-0.1, -0.05) is 15.9 Å². The highest BCUT2D eigenvalue weighted by molar-refractivity contribution is 9.09. The van der Waals surface area contributed by atoms with Crippen LogP contribution in [0.3, 0.4) is 0 Å². The summed E-state index contributed by atoms with van der Waals surface area (Å²) in [4.78, 5) is 10.6. The number of ether oxygens (including phenoxy) is 1. The molecule has 0 N–H and O–H groups in total. The summed E-state index contributed by atoms with van der Waals surface area (Å²) >= 11 is 3.45. The van der Waals surface area contributed by atoms with E-state index in [9.17, 15) is 0 Å². The largest absolute Gasteiger partial charge is 0.481 e. The summed E-state index contributed by atoms with van der Waals surface area (Å²) in [6.45, 7) is 3.98. The van der Waals surface area contributed by atoms with Crippen molar-refractivity contribution < 1.29 is 4.74 Å². The predicted octanol–water partition coefficient (Wildman–Crippen LogP) is 2.01. The third kappa shape index (κ3) is 3.06. The fourth-order valence-corrected chi connectivity index (χ4v) is 1.57. The number of nitrogens with zero attached hydrogens (tertiary/aromatic N) is 3. The molecule has 84 valence electrons. The average Bonchev–Trinajstić information content (AvgIpc) is 2.26. The first-order valence-electron chi connectivity index (χ1n) is 4.77. The molecule has 0 aliphatic carbocycles. The second kappa shape index (κ2) is 5.30. The van der Waals surface area contributed by atoms with E-state index in [-0.39, 0.29) is 0 Å². The minimum Gasteiger partial charge on any atom is -0.481 e. The molecule has 0 amide bonds. The molecule has 15 heavy (non-hydrogen) atoms. The second-order valence-corrected chi connectivity index (χ2v) is 4.08. The van der Waals surface area contributed by atoms with Crippen molar-refractivity contribution in [3.8, 4) is 5.88 Å². The third-order valence-electron chi connectivity index (χ3n) is 2.26. The second-order valence-electron chi connectivity index (χ2n) is 3.43. The van der Waals surface area contributed by atoms with E-state index in [1.54, 1.807) is 7.11 Å². The highest BCUT2D eigenvalue weighted by Gasteiger charge is 2.11. The van der Waals surface area contributed by atoms with Crippen molar-refractivity contribution in [1.82, 2.24) is 9.97 Å². The van der Waals surface area contributed by atoms with Gasteiger partial charge in [-0.15, -0.1) is 0 Å². The van der Waals surface area contributed by atoms with Gasteiger partial charge in [-0.25, -0.2) is 4.98 Å². The Morgan fingerprint density at radius 1 is 1.53 bits per heavy atom. The summed E-state index contributed by atoms with van der Waals surface area (Å²) in [7, 11) is 3.62. The lowest BCUT2D eigenvalue weighted by Gasteiger charge is -2.24. The molecule has 0 fully saturated rings. The first kappa shape index (κ1) is 12.2.